The Balaban J connectivity index is 3.18. The van der Waals surface area contributed by atoms with Crippen LogP contribution in [-0.2, 0) is 16.0 Å². The highest BCUT2D eigenvalue weighted by molar-refractivity contribution is 7.73. The van der Waals surface area contributed by atoms with Gasteiger partial charge in [0.15, 0.2) is 8.83 Å². The highest BCUT2D eigenvalue weighted by Gasteiger charge is 2.24. The number of hydrogen-bond acceptors (Lipinski definition) is 6. The van der Waals surface area contributed by atoms with E-state index in [1.54, 1.807) is 38.3 Å². The first-order chi connectivity index (χ1) is 10.2. The Kier molecular flexibility index (Phi) is 6.31. The van der Waals surface area contributed by atoms with Gasteiger partial charge in [0.2, 0.25) is 0 Å². The lowest BCUT2D eigenvalue weighted by molar-refractivity contribution is 0.0532. The number of allylic oxidation sites excluding steroid dienone is 1. The number of ether oxygens (including phenoxy) is 2. The number of nitrogens with one attached hydrogen (secondary N) is 1. The number of rotatable bonds is 5. The van der Waals surface area contributed by atoms with E-state index in [4.69, 9.17) is 21.7 Å². The maximum absolute atomic E-state index is 12.0. The molecule has 122 valence electrons. The monoisotopic (exact) mass is 344 g/mol. The van der Waals surface area contributed by atoms with Gasteiger partial charge in [-0.2, -0.15) is 0 Å². The van der Waals surface area contributed by atoms with Crippen LogP contribution in [-0.4, -0.2) is 28.8 Å². The van der Waals surface area contributed by atoms with Gasteiger partial charge in [0.05, 0.1) is 6.61 Å². The van der Waals surface area contributed by atoms with Crippen LogP contribution in [0.25, 0.3) is 0 Å². The molecule has 6 nitrogen and oxygen atoms in total. The maximum Gasteiger partial charge on any atom is 0.413 e. The number of carbonyl (C=O) groups excluding carboxylic acids is 2. The third-order valence-corrected chi connectivity index (χ3v) is 3.72. The molecule has 0 aliphatic carbocycles. The summed E-state index contributed by atoms with van der Waals surface area (Å²) in [5.41, 5.74) is -0.649. The summed E-state index contributed by atoms with van der Waals surface area (Å²) in [7, 11) is 0. The SMILES string of the molecule is C=CCn1c(NC(=O)OC(C)(C)C)c(C(=O)OCC)sc1=S. The molecule has 0 aromatic carbocycles. The number of carbonyl (C=O) groups is 2. The molecular weight excluding hydrogens is 324 g/mol. The third-order valence-electron chi connectivity index (χ3n) is 2.29. The maximum atomic E-state index is 12.0. The first kappa shape index (κ1) is 18.4. The van der Waals surface area contributed by atoms with Gasteiger partial charge in [-0.15, -0.1) is 6.58 Å². The van der Waals surface area contributed by atoms with Crippen molar-refractivity contribution in [2.24, 2.45) is 0 Å². The van der Waals surface area contributed by atoms with E-state index in [1.807, 2.05) is 0 Å². The standard InChI is InChI=1S/C14H20N2O4S2/c1-6-8-16-10(15-12(18)20-14(3,4)5)9(22-13(16)21)11(17)19-7-2/h6H,1,7-8H2,2-5H3,(H,15,18). The lowest BCUT2D eigenvalue weighted by Crippen LogP contribution is -2.28. The van der Waals surface area contributed by atoms with Gasteiger partial charge in [-0.3, -0.25) is 5.32 Å². The van der Waals surface area contributed by atoms with Crippen molar-refractivity contribution in [2.45, 2.75) is 39.8 Å². The van der Waals surface area contributed by atoms with Gasteiger partial charge >= 0.3 is 12.1 Å². The lowest BCUT2D eigenvalue weighted by Gasteiger charge is -2.20. The quantitative estimate of drug-likeness (QED) is 0.497. The number of hydrogen-bond donors (Lipinski definition) is 1. The van der Waals surface area contributed by atoms with Gasteiger partial charge in [-0.1, -0.05) is 17.4 Å². The summed E-state index contributed by atoms with van der Waals surface area (Å²) >= 11 is 6.30. The summed E-state index contributed by atoms with van der Waals surface area (Å²) in [6, 6.07) is 0. The molecule has 1 N–H and O–H groups in total. The largest absolute Gasteiger partial charge is 0.462 e. The molecule has 0 bridgehead atoms. The van der Waals surface area contributed by atoms with Crippen molar-refractivity contribution in [1.29, 1.82) is 0 Å². The van der Waals surface area contributed by atoms with Crippen molar-refractivity contribution in [1.82, 2.24) is 4.57 Å². The summed E-state index contributed by atoms with van der Waals surface area (Å²) in [6.45, 7) is 11.2. The summed E-state index contributed by atoms with van der Waals surface area (Å²) in [5.74, 6) is -0.268. The predicted octanol–water partition coefficient (Wildman–Crippen LogP) is 3.99. The topological polar surface area (TPSA) is 69.6 Å². The lowest BCUT2D eigenvalue weighted by atomic mass is 10.2. The van der Waals surface area contributed by atoms with Crippen molar-refractivity contribution in [3.05, 3.63) is 21.5 Å². The Bertz CT molecular complexity index is 626. The molecule has 1 aromatic rings. The van der Waals surface area contributed by atoms with E-state index in [9.17, 15) is 9.59 Å². The molecular formula is C14H20N2O4S2. The van der Waals surface area contributed by atoms with Crippen LogP contribution in [0.2, 0.25) is 0 Å². The van der Waals surface area contributed by atoms with Gasteiger partial charge in [0.1, 0.15) is 11.4 Å². The molecule has 0 atom stereocenters. The molecule has 1 heterocycles. The highest BCUT2D eigenvalue weighted by Crippen LogP contribution is 2.26. The van der Waals surface area contributed by atoms with Crippen molar-refractivity contribution in [3.8, 4) is 0 Å². The van der Waals surface area contributed by atoms with E-state index >= 15 is 0 Å². The number of thiazole rings is 1. The Hall–Kier alpha value is -1.67. The fourth-order valence-electron chi connectivity index (χ4n) is 1.56. The molecule has 0 radical (unpaired) electrons. The average Bonchev–Trinajstić information content (AvgIpc) is 2.66. The number of anilines is 1. The Morgan fingerprint density at radius 1 is 1.45 bits per heavy atom. The van der Waals surface area contributed by atoms with E-state index in [-0.39, 0.29) is 17.3 Å². The first-order valence-corrected chi connectivity index (χ1v) is 7.93. The zero-order valence-corrected chi connectivity index (χ0v) is 14.7. The molecule has 22 heavy (non-hydrogen) atoms. The van der Waals surface area contributed by atoms with Crippen LogP contribution >= 0.6 is 23.6 Å². The minimum atomic E-state index is -0.663. The molecule has 0 unspecified atom stereocenters. The van der Waals surface area contributed by atoms with Crippen LogP contribution in [0.15, 0.2) is 12.7 Å². The fourth-order valence-corrected chi connectivity index (χ4v) is 2.83. The fraction of sp³-hybridized carbons (Fsp3) is 0.500. The molecule has 1 rings (SSSR count). The Morgan fingerprint density at radius 2 is 2.09 bits per heavy atom. The van der Waals surface area contributed by atoms with Crippen LogP contribution in [0, 0.1) is 3.95 Å². The zero-order chi connectivity index (χ0) is 16.9. The van der Waals surface area contributed by atoms with E-state index in [0.717, 1.165) is 11.3 Å². The molecule has 0 spiro atoms. The Labute approximate surface area is 138 Å². The van der Waals surface area contributed by atoms with Crippen molar-refractivity contribution < 1.29 is 19.1 Å². The minimum Gasteiger partial charge on any atom is -0.462 e. The molecule has 1 amide bonds. The molecule has 0 aliphatic heterocycles. The molecule has 0 fully saturated rings. The summed E-state index contributed by atoms with van der Waals surface area (Å²) < 4.78 is 12.2. The molecule has 0 saturated heterocycles. The number of esters is 1. The molecule has 0 saturated carbocycles. The van der Waals surface area contributed by atoms with Gasteiger partial charge in [0, 0.05) is 6.54 Å². The second-order valence-corrected chi connectivity index (χ2v) is 6.94. The predicted molar refractivity (Wildman–Crippen MR) is 89.2 cm³/mol. The van der Waals surface area contributed by atoms with Gasteiger partial charge in [-0.25, -0.2) is 9.59 Å². The van der Waals surface area contributed by atoms with Gasteiger partial charge < -0.3 is 14.0 Å². The number of aromatic nitrogens is 1. The second-order valence-electron chi connectivity index (χ2n) is 5.29. The van der Waals surface area contributed by atoms with Crippen LogP contribution in [0.3, 0.4) is 0 Å². The van der Waals surface area contributed by atoms with Gasteiger partial charge in [0.25, 0.3) is 0 Å². The Morgan fingerprint density at radius 3 is 2.59 bits per heavy atom. The summed E-state index contributed by atoms with van der Waals surface area (Å²) in [4.78, 5) is 24.2. The van der Waals surface area contributed by atoms with Crippen molar-refractivity contribution in [2.75, 3.05) is 11.9 Å². The van der Waals surface area contributed by atoms with Crippen molar-refractivity contribution >= 4 is 41.4 Å². The summed E-state index contributed by atoms with van der Waals surface area (Å²) in [6.07, 6.45) is 0.959. The smallest absolute Gasteiger partial charge is 0.413 e. The number of amides is 1. The van der Waals surface area contributed by atoms with E-state index in [0.29, 0.717) is 10.5 Å². The normalized spacial score (nSPS) is 10.9. The second kappa shape index (κ2) is 7.55. The minimum absolute atomic E-state index is 0.233. The van der Waals surface area contributed by atoms with E-state index < -0.39 is 17.7 Å². The third kappa shape index (κ3) is 4.96. The van der Waals surface area contributed by atoms with Crippen molar-refractivity contribution in [3.63, 3.8) is 0 Å². The average molecular weight is 344 g/mol. The highest BCUT2D eigenvalue weighted by atomic mass is 32.1. The molecule has 8 heteroatoms. The zero-order valence-electron chi connectivity index (χ0n) is 13.1. The van der Waals surface area contributed by atoms with E-state index in [2.05, 4.69) is 11.9 Å². The van der Waals surface area contributed by atoms with E-state index in [1.165, 1.54) is 0 Å². The van der Waals surface area contributed by atoms with Gasteiger partial charge in [-0.05, 0) is 39.9 Å². The van der Waals surface area contributed by atoms with Crippen LogP contribution < -0.4 is 5.32 Å². The summed E-state index contributed by atoms with van der Waals surface area (Å²) in [5, 5.41) is 2.58. The van der Waals surface area contributed by atoms with Crippen LogP contribution in [0.1, 0.15) is 37.4 Å². The molecule has 0 aliphatic rings. The first-order valence-electron chi connectivity index (χ1n) is 6.71. The van der Waals surface area contributed by atoms with Crippen LogP contribution in [0.4, 0.5) is 10.6 Å². The number of nitrogens with zero attached hydrogens (tertiary/aromatic N) is 1. The van der Waals surface area contributed by atoms with Crippen LogP contribution in [0.5, 0.6) is 0 Å². The molecule has 1 aromatic heterocycles.